The van der Waals surface area contributed by atoms with Gasteiger partial charge in [0.05, 0.1) is 31.3 Å². The van der Waals surface area contributed by atoms with Gasteiger partial charge in [-0.3, -0.25) is 0 Å². The van der Waals surface area contributed by atoms with Gasteiger partial charge in [0.2, 0.25) is 5.88 Å². The first-order valence-electron chi connectivity index (χ1n) is 9.80. The molecule has 7 nitrogen and oxygen atoms in total. The summed E-state index contributed by atoms with van der Waals surface area (Å²) >= 11 is 0. The summed E-state index contributed by atoms with van der Waals surface area (Å²) in [5.41, 5.74) is 7.07. The normalized spacial score (nSPS) is 19.6. The number of hydrogen-bond acceptors (Lipinski definition) is 7. The molecule has 1 saturated carbocycles. The third-order valence-corrected chi connectivity index (χ3v) is 5.22. The fourth-order valence-electron chi connectivity index (χ4n) is 3.84. The molecular formula is C22H26N2O5. The lowest BCUT2D eigenvalue weighted by Crippen LogP contribution is -2.25. The predicted octanol–water partition coefficient (Wildman–Crippen LogP) is 3.66. The Bertz CT molecular complexity index is 891. The molecule has 1 atom stereocenters. The maximum Gasteiger partial charge on any atom is 0.338 e. The van der Waals surface area contributed by atoms with Gasteiger partial charge in [-0.2, -0.15) is 5.26 Å². The first kappa shape index (κ1) is 20.6. The number of carbonyl (C=O) groups is 1. The maximum absolute atomic E-state index is 12.7. The highest BCUT2D eigenvalue weighted by Crippen LogP contribution is 2.42. The van der Waals surface area contributed by atoms with Crippen LogP contribution in [-0.2, 0) is 14.3 Å². The first-order valence-corrected chi connectivity index (χ1v) is 9.80. The van der Waals surface area contributed by atoms with Gasteiger partial charge < -0.3 is 24.7 Å². The predicted molar refractivity (Wildman–Crippen MR) is 106 cm³/mol. The molecule has 0 spiro atoms. The fraction of sp³-hybridized carbons (Fsp3) is 0.455. The van der Waals surface area contributed by atoms with Crippen molar-refractivity contribution in [2.45, 2.75) is 51.6 Å². The summed E-state index contributed by atoms with van der Waals surface area (Å²) in [6.07, 6.45) is 4.40. The van der Waals surface area contributed by atoms with Crippen molar-refractivity contribution in [3.63, 3.8) is 0 Å². The van der Waals surface area contributed by atoms with Crippen molar-refractivity contribution in [2.75, 3.05) is 13.7 Å². The van der Waals surface area contributed by atoms with Crippen molar-refractivity contribution in [3.05, 3.63) is 46.6 Å². The summed E-state index contributed by atoms with van der Waals surface area (Å²) in [7, 11) is 1.58. The van der Waals surface area contributed by atoms with E-state index in [-0.39, 0.29) is 29.7 Å². The third-order valence-electron chi connectivity index (χ3n) is 5.22. The minimum Gasteiger partial charge on any atom is -0.493 e. The van der Waals surface area contributed by atoms with Crippen LogP contribution >= 0.6 is 0 Å². The van der Waals surface area contributed by atoms with E-state index in [9.17, 15) is 10.1 Å². The first-order chi connectivity index (χ1) is 14.0. The molecule has 1 heterocycles. The molecule has 1 aromatic carbocycles. The van der Waals surface area contributed by atoms with Gasteiger partial charge in [-0.05, 0) is 57.2 Å². The Labute approximate surface area is 170 Å². The lowest BCUT2D eigenvalue weighted by Gasteiger charge is -2.27. The number of nitrogens with zero attached hydrogens (tertiary/aromatic N) is 1. The number of nitrogens with two attached hydrogens (primary N) is 1. The molecule has 7 heteroatoms. The Kier molecular flexibility index (Phi) is 6.32. The van der Waals surface area contributed by atoms with Crippen LogP contribution in [0.15, 0.2) is 41.0 Å². The van der Waals surface area contributed by atoms with E-state index in [4.69, 9.17) is 24.7 Å². The van der Waals surface area contributed by atoms with Gasteiger partial charge in [0, 0.05) is 0 Å². The van der Waals surface area contributed by atoms with Gasteiger partial charge >= 0.3 is 5.97 Å². The van der Waals surface area contributed by atoms with E-state index in [1.165, 1.54) is 0 Å². The van der Waals surface area contributed by atoms with E-state index in [1.54, 1.807) is 33.1 Å². The molecule has 2 aliphatic rings. The van der Waals surface area contributed by atoms with Crippen LogP contribution in [0.4, 0.5) is 0 Å². The Balaban J connectivity index is 2.07. The molecule has 0 bridgehead atoms. The maximum atomic E-state index is 12.7. The highest BCUT2D eigenvalue weighted by atomic mass is 16.5. The monoisotopic (exact) mass is 398 g/mol. The van der Waals surface area contributed by atoms with Crippen LogP contribution in [0.1, 0.15) is 51.0 Å². The van der Waals surface area contributed by atoms with Crippen LogP contribution in [0.3, 0.4) is 0 Å². The fourth-order valence-corrected chi connectivity index (χ4v) is 3.84. The standard InChI is InChI=1S/C22H26N2O5/c1-4-27-22(25)19-13(2)28-21(24)16(12-23)20(19)14-9-10-17(26-3)18(11-14)29-15-7-5-6-8-15/h9-11,15,20H,4-8,24H2,1-3H3. The number of benzene rings is 1. The Morgan fingerprint density at radius 2 is 2.03 bits per heavy atom. The van der Waals surface area contributed by atoms with Crippen molar-refractivity contribution < 1.29 is 23.7 Å². The molecular weight excluding hydrogens is 372 g/mol. The molecule has 29 heavy (non-hydrogen) atoms. The van der Waals surface area contributed by atoms with Gasteiger partial charge in [0.1, 0.15) is 17.4 Å². The molecule has 154 valence electrons. The van der Waals surface area contributed by atoms with Crippen molar-refractivity contribution >= 4 is 5.97 Å². The highest BCUT2D eigenvalue weighted by Gasteiger charge is 2.36. The van der Waals surface area contributed by atoms with E-state index in [0.29, 0.717) is 22.8 Å². The van der Waals surface area contributed by atoms with Crippen LogP contribution in [0.25, 0.3) is 0 Å². The van der Waals surface area contributed by atoms with Crippen LogP contribution in [0, 0.1) is 11.3 Å². The number of methoxy groups -OCH3 is 1. The number of hydrogen-bond donors (Lipinski definition) is 1. The summed E-state index contributed by atoms with van der Waals surface area (Å²) in [4.78, 5) is 12.7. The third kappa shape index (κ3) is 4.16. The zero-order chi connectivity index (χ0) is 21.0. The molecule has 0 aromatic heterocycles. The number of carbonyl (C=O) groups excluding carboxylic acids is 1. The van der Waals surface area contributed by atoms with Crippen LogP contribution in [-0.4, -0.2) is 25.8 Å². The van der Waals surface area contributed by atoms with Crippen LogP contribution in [0.2, 0.25) is 0 Å². The molecule has 0 radical (unpaired) electrons. The SMILES string of the molecule is CCOC(=O)C1=C(C)OC(N)=C(C#N)C1c1ccc(OC)c(OC2CCCC2)c1. The second-order valence-corrected chi connectivity index (χ2v) is 7.05. The van der Waals surface area contributed by atoms with E-state index in [2.05, 4.69) is 6.07 Å². The van der Waals surface area contributed by atoms with Gasteiger partial charge in [-0.25, -0.2) is 4.79 Å². The lowest BCUT2D eigenvalue weighted by atomic mass is 9.83. The van der Waals surface area contributed by atoms with Gasteiger partial charge in [0.15, 0.2) is 11.5 Å². The number of nitriles is 1. The minimum atomic E-state index is -0.704. The topological polar surface area (TPSA) is 104 Å². The molecule has 3 rings (SSSR count). The quantitative estimate of drug-likeness (QED) is 0.729. The van der Waals surface area contributed by atoms with Crippen LogP contribution < -0.4 is 15.2 Å². The Morgan fingerprint density at radius 1 is 1.31 bits per heavy atom. The van der Waals surface area contributed by atoms with E-state index < -0.39 is 11.9 Å². The lowest BCUT2D eigenvalue weighted by molar-refractivity contribution is -0.139. The van der Waals surface area contributed by atoms with E-state index >= 15 is 0 Å². The molecule has 1 fully saturated rings. The van der Waals surface area contributed by atoms with E-state index in [1.807, 2.05) is 6.07 Å². The molecule has 1 unspecified atom stereocenters. The van der Waals surface area contributed by atoms with E-state index in [0.717, 1.165) is 25.7 Å². The zero-order valence-corrected chi connectivity index (χ0v) is 17.0. The molecule has 1 aromatic rings. The average molecular weight is 398 g/mol. The van der Waals surface area contributed by atoms with Gasteiger partial charge in [-0.1, -0.05) is 6.07 Å². The molecule has 2 N–H and O–H groups in total. The van der Waals surface area contributed by atoms with Crippen molar-refractivity contribution in [1.29, 1.82) is 5.26 Å². The van der Waals surface area contributed by atoms with Gasteiger partial charge in [-0.15, -0.1) is 0 Å². The number of rotatable bonds is 6. The second-order valence-electron chi connectivity index (χ2n) is 7.05. The zero-order valence-electron chi connectivity index (χ0n) is 17.0. The summed E-state index contributed by atoms with van der Waals surface area (Å²) in [5.74, 6) is 0.242. The Morgan fingerprint density at radius 3 is 2.66 bits per heavy atom. The number of ether oxygens (including phenoxy) is 4. The summed E-state index contributed by atoms with van der Waals surface area (Å²) < 4.78 is 22.3. The van der Waals surface area contributed by atoms with Crippen molar-refractivity contribution in [1.82, 2.24) is 0 Å². The molecule has 0 saturated heterocycles. The number of esters is 1. The summed E-state index contributed by atoms with van der Waals surface area (Å²) in [6.45, 7) is 3.57. The summed E-state index contributed by atoms with van der Waals surface area (Å²) in [6, 6.07) is 7.47. The van der Waals surface area contributed by atoms with Gasteiger partial charge in [0.25, 0.3) is 0 Å². The second kappa shape index (κ2) is 8.91. The van der Waals surface area contributed by atoms with Crippen LogP contribution in [0.5, 0.6) is 11.5 Å². The smallest absolute Gasteiger partial charge is 0.338 e. The largest absolute Gasteiger partial charge is 0.493 e. The average Bonchev–Trinajstić information content (AvgIpc) is 3.20. The van der Waals surface area contributed by atoms with Crippen molar-refractivity contribution in [3.8, 4) is 17.6 Å². The summed E-state index contributed by atoms with van der Waals surface area (Å²) in [5, 5.41) is 9.71. The van der Waals surface area contributed by atoms with Crippen molar-refractivity contribution in [2.24, 2.45) is 5.73 Å². The molecule has 1 aliphatic heterocycles. The minimum absolute atomic E-state index is 0.0165. The Hall–Kier alpha value is -3.14. The highest BCUT2D eigenvalue weighted by molar-refractivity contribution is 5.92. The molecule has 1 aliphatic carbocycles. The number of allylic oxidation sites excluding steroid dienone is 2. The molecule has 0 amide bonds.